The zero-order valence-corrected chi connectivity index (χ0v) is 12.7. The first-order valence-corrected chi connectivity index (χ1v) is 9.49. The van der Waals surface area contributed by atoms with Crippen LogP contribution in [0.5, 0.6) is 0 Å². The standard InChI is InChI=1S/C11H17N3O4S2/c1-12-11-8-10(2-5-13-11)20(17,18)14-9-3-6-19(15,16)7-4-9/h2,5,8-9,14H,3-4,6-7H2,1H3,(H,12,13). The molecule has 1 aliphatic heterocycles. The highest BCUT2D eigenvalue weighted by molar-refractivity contribution is 7.91. The Balaban J connectivity index is 2.11. The van der Waals surface area contributed by atoms with Gasteiger partial charge in [0.1, 0.15) is 15.7 Å². The third kappa shape index (κ3) is 3.68. The van der Waals surface area contributed by atoms with E-state index < -0.39 is 19.9 Å². The maximum atomic E-state index is 12.2. The molecule has 0 unspecified atom stereocenters. The van der Waals surface area contributed by atoms with Crippen LogP contribution < -0.4 is 10.0 Å². The molecule has 0 radical (unpaired) electrons. The Morgan fingerprint density at radius 1 is 1.30 bits per heavy atom. The molecule has 0 aromatic carbocycles. The number of hydrogen-bond donors (Lipinski definition) is 2. The number of nitrogens with zero attached hydrogens (tertiary/aromatic N) is 1. The van der Waals surface area contributed by atoms with Gasteiger partial charge in [0.05, 0.1) is 16.4 Å². The van der Waals surface area contributed by atoms with Crippen molar-refractivity contribution in [3.05, 3.63) is 18.3 Å². The molecule has 0 spiro atoms. The molecule has 2 N–H and O–H groups in total. The summed E-state index contributed by atoms with van der Waals surface area (Å²) in [6, 6.07) is 2.50. The van der Waals surface area contributed by atoms with Crippen molar-refractivity contribution in [3.63, 3.8) is 0 Å². The third-order valence-electron chi connectivity index (χ3n) is 3.17. The molecule has 1 fully saturated rings. The molecular weight excluding hydrogens is 302 g/mol. The fourth-order valence-electron chi connectivity index (χ4n) is 2.01. The third-order valence-corrected chi connectivity index (χ3v) is 6.41. The van der Waals surface area contributed by atoms with Crippen molar-refractivity contribution in [1.29, 1.82) is 0 Å². The average molecular weight is 319 g/mol. The highest BCUT2D eigenvalue weighted by Crippen LogP contribution is 2.17. The van der Waals surface area contributed by atoms with Gasteiger partial charge in [-0.15, -0.1) is 0 Å². The second kappa shape index (κ2) is 5.66. The monoisotopic (exact) mass is 319 g/mol. The number of sulfone groups is 1. The number of aromatic nitrogens is 1. The predicted molar refractivity (Wildman–Crippen MR) is 75.8 cm³/mol. The lowest BCUT2D eigenvalue weighted by molar-refractivity contribution is 0.505. The van der Waals surface area contributed by atoms with Crippen molar-refractivity contribution < 1.29 is 16.8 Å². The lowest BCUT2D eigenvalue weighted by atomic mass is 10.2. The Morgan fingerprint density at radius 3 is 2.55 bits per heavy atom. The highest BCUT2D eigenvalue weighted by Gasteiger charge is 2.27. The summed E-state index contributed by atoms with van der Waals surface area (Å²) in [5, 5.41) is 2.77. The molecule has 1 aromatic rings. The fourth-order valence-corrected chi connectivity index (χ4v) is 4.82. The lowest BCUT2D eigenvalue weighted by Gasteiger charge is -2.22. The molecule has 0 atom stereocenters. The topological polar surface area (TPSA) is 105 Å². The minimum Gasteiger partial charge on any atom is -0.373 e. The van der Waals surface area contributed by atoms with E-state index in [0.717, 1.165) is 0 Å². The lowest BCUT2D eigenvalue weighted by Crippen LogP contribution is -2.40. The predicted octanol–water partition coefficient (Wildman–Crippen LogP) is -0.0212. The SMILES string of the molecule is CNc1cc(S(=O)(=O)NC2CCS(=O)(=O)CC2)ccn1. The Hall–Kier alpha value is -1.19. The molecule has 2 rings (SSSR count). The van der Waals surface area contributed by atoms with E-state index in [1.54, 1.807) is 7.05 Å². The molecule has 1 saturated heterocycles. The fraction of sp³-hybridized carbons (Fsp3) is 0.545. The van der Waals surface area contributed by atoms with Crippen LogP contribution in [0.25, 0.3) is 0 Å². The molecule has 112 valence electrons. The summed E-state index contributed by atoms with van der Waals surface area (Å²) in [4.78, 5) is 4.07. The number of sulfonamides is 1. The normalized spacial score (nSPS) is 19.6. The Bertz CT molecular complexity index is 671. The van der Waals surface area contributed by atoms with Crippen molar-refractivity contribution in [2.24, 2.45) is 0 Å². The smallest absolute Gasteiger partial charge is 0.241 e. The first-order chi connectivity index (χ1) is 9.32. The van der Waals surface area contributed by atoms with Gasteiger partial charge in [-0.1, -0.05) is 0 Å². The van der Waals surface area contributed by atoms with Crippen molar-refractivity contribution in [2.75, 3.05) is 23.9 Å². The zero-order valence-electron chi connectivity index (χ0n) is 11.0. The maximum Gasteiger partial charge on any atom is 0.241 e. The van der Waals surface area contributed by atoms with Crippen LogP contribution in [0.4, 0.5) is 5.82 Å². The van der Waals surface area contributed by atoms with Gasteiger partial charge in [-0.05, 0) is 18.9 Å². The van der Waals surface area contributed by atoms with E-state index in [4.69, 9.17) is 0 Å². The minimum absolute atomic E-state index is 0.0261. The van der Waals surface area contributed by atoms with Crippen molar-refractivity contribution in [1.82, 2.24) is 9.71 Å². The van der Waals surface area contributed by atoms with Crippen LogP contribution in [0, 0.1) is 0 Å². The largest absolute Gasteiger partial charge is 0.373 e. The van der Waals surface area contributed by atoms with Crippen LogP contribution in [0.3, 0.4) is 0 Å². The Morgan fingerprint density at radius 2 is 1.95 bits per heavy atom. The van der Waals surface area contributed by atoms with Gasteiger partial charge in [0.25, 0.3) is 0 Å². The summed E-state index contributed by atoms with van der Waals surface area (Å²) in [7, 11) is -5.01. The molecule has 9 heteroatoms. The highest BCUT2D eigenvalue weighted by atomic mass is 32.2. The second-order valence-corrected chi connectivity index (χ2v) is 8.69. The van der Waals surface area contributed by atoms with Gasteiger partial charge in [0, 0.05) is 25.4 Å². The van der Waals surface area contributed by atoms with Crippen LogP contribution in [0.2, 0.25) is 0 Å². The van der Waals surface area contributed by atoms with E-state index in [1.165, 1.54) is 18.3 Å². The number of nitrogens with one attached hydrogen (secondary N) is 2. The number of hydrogen-bond acceptors (Lipinski definition) is 6. The molecule has 1 aliphatic rings. The maximum absolute atomic E-state index is 12.2. The van der Waals surface area contributed by atoms with Gasteiger partial charge in [-0.25, -0.2) is 26.5 Å². The molecule has 7 nitrogen and oxygen atoms in total. The summed E-state index contributed by atoms with van der Waals surface area (Å²) < 4.78 is 49.6. The van der Waals surface area contributed by atoms with Crippen LogP contribution in [-0.2, 0) is 19.9 Å². The first-order valence-electron chi connectivity index (χ1n) is 6.19. The number of anilines is 1. The molecule has 0 saturated carbocycles. The van der Waals surface area contributed by atoms with Crippen LogP contribution in [-0.4, -0.2) is 46.4 Å². The Labute approximate surface area is 118 Å². The van der Waals surface area contributed by atoms with Crippen LogP contribution in [0.15, 0.2) is 23.2 Å². The molecule has 20 heavy (non-hydrogen) atoms. The van der Waals surface area contributed by atoms with Gasteiger partial charge in [-0.3, -0.25) is 0 Å². The number of pyridine rings is 1. The molecule has 2 heterocycles. The summed E-state index contributed by atoms with van der Waals surface area (Å²) in [6.07, 6.45) is 2.03. The summed E-state index contributed by atoms with van der Waals surface area (Å²) in [5.74, 6) is 0.510. The van der Waals surface area contributed by atoms with E-state index >= 15 is 0 Å². The van der Waals surface area contributed by atoms with Gasteiger partial charge >= 0.3 is 0 Å². The molecular formula is C11H17N3O4S2. The Kier molecular flexibility index (Phi) is 4.31. The summed E-state index contributed by atoms with van der Waals surface area (Å²) in [6.45, 7) is 0. The van der Waals surface area contributed by atoms with Gasteiger partial charge in [0.15, 0.2) is 0 Å². The van der Waals surface area contributed by atoms with Crippen LogP contribution in [0.1, 0.15) is 12.8 Å². The van der Waals surface area contributed by atoms with Gasteiger partial charge < -0.3 is 5.32 Å². The molecule has 1 aromatic heterocycles. The van der Waals surface area contributed by atoms with E-state index in [-0.39, 0.29) is 22.4 Å². The van der Waals surface area contributed by atoms with Crippen molar-refractivity contribution in [3.8, 4) is 0 Å². The zero-order chi connectivity index (χ0) is 14.8. The van der Waals surface area contributed by atoms with E-state index in [9.17, 15) is 16.8 Å². The molecule has 0 bridgehead atoms. The van der Waals surface area contributed by atoms with Gasteiger partial charge in [-0.2, -0.15) is 0 Å². The summed E-state index contributed by atoms with van der Waals surface area (Å²) in [5.41, 5.74) is 0. The van der Waals surface area contributed by atoms with E-state index in [1.807, 2.05) is 0 Å². The van der Waals surface area contributed by atoms with E-state index in [2.05, 4.69) is 15.0 Å². The minimum atomic E-state index is -3.65. The van der Waals surface area contributed by atoms with E-state index in [0.29, 0.717) is 18.7 Å². The van der Waals surface area contributed by atoms with Crippen LogP contribution >= 0.6 is 0 Å². The van der Waals surface area contributed by atoms with Crippen molar-refractivity contribution >= 4 is 25.7 Å². The first kappa shape index (κ1) is 15.2. The summed E-state index contributed by atoms with van der Waals surface area (Å²) >= 11 is 0. The molecule has 0 amide bonds. The molecule has 0 aliphatic carbocycles. The average Bonchev–Trinajstić information content (AvgIpc) is 2.41. The number of rotatable bonds is 4. The second-order valence-electron chi connectivity index (χ2n) is 4.67. The van der Waals surface area contributed by atoms with Gasteiger partial charge in [0.2, 0.25) is 10.0 Å². The quantitative estimate of drug-likeness (QED) is 0.808. The van der Waals surface area contributed by atoms with Crippen molar-refractivity contribution in [2.45, 2.75) is 23.8 Å².